The second-order valence-corrected chi connectivity index (χ2v) is 8.01. The minimum atomic E-state index is -1.18. The Kier molecular flexibility index (Phi) is 7.53. The summed E-state index contributed by atoms with van der Waals surface area (Å²) in [5.74, 6) is 1.51. The number of aliphatic hydroxyl groups is 1. The number of furan rings is 1. The fourth-order valence-corrected chi connectivity index (χ4v) is 3.33. The molecular weight excluding hydrogens is 410 g/mol. The monoisotopic (exact) mass is 441 g/mol. The molecule has 1 saturated heterocycles. The highest BCUT2D eigenvalue weighted by Gasteiger charge is 2.27. The van der Waals surface area contributed by atoms with E-state index < -0.39 is 5.60 Å². The van der Waals surface area contributed by atoms with Crippen molar-refractivity contribution in [2.75, 3.05) is 32.7 Å². The molecule has 2 amide bonds. The highest BCUT2D eigenvalue weighted by atomic mass is 16.4. The lowest BCUT2D eigenvalue weighted by molar-refractivity contribution is -0.123. The number of amides is 2. The second-order valence-electron chi connectivity index (χ2n) is 8.01. The van der Waals surface area contributed by atoms with Gasteiger partial charge in [0.1, 0.15) is 17.1 Å². The van der Waals surface area contributed by atoms with Crippen LogP contribution in [0.2, 0.25) is 0 Å². The van der Waals surface area contributed by atoms with E-state index in [-0.39, 0.29) is 24.9 Å². The molecule has 1 aliphatic rings. The Morgan fingerprint density at radius 1 is 1.25 bits per heavy atom. The first-order valence-electron chi connectivity index (χ1n) is 10.7. The number of nitrogens with one attached hydrogen (secondary N) is 3. The van der Waals surface area contributed by atoms with E-state index in [1.807, 2.05) is 32.0 Å². The lowest BCUT2D eigenvalue weighted by Gasteiger charge is -2.26. The Balaban J connectivity index is 1.59. The fourth-order valence-electron chi connectivity index (χ4n) is 3.33. The summed E-state index contributed by atoms with van der Waals surface area (Å²) in [5.41, 5.74) is 0.295. The third-order valence-corrected chi connectivity index (χ3v) is 5.16. The summed E-state index contributed by atoms with van der Waals surface area (Å²) in [6, 6.07) is 10.8. The average Bonchev–Trinajstić information content (AvgIpc) is 3.23. The molecule has 1 aliphatic heterocycles. The number of benzene rings is 1. The van der Waals surface area contributed by atoms with Gasteiger partial charge in [-0.25, -0.2) is 4.99 Å². The largest absolute Gasteiger partial charge is 0.463 e. The van der Waals surface area contributed by atoms with Gasteiger partial charge in [0.05, 0.1) is 19.6 Å². The van der Waals surface area contributed by atoms with Crippen molar-refractivity contribution in [3.05, 3.63) is 59.0 Å². The summed E-state index contributed by atoms with van der Waals surface area (Å²) in [6.45, 7) is 7.85. The predicted molar refractivity (Wildman–Crippen MR) is 121 cm³/mol. The molecule has 172 valence electrons. The van der Waals surface area contributed by atoms with Gasteiger partial charge in [0.25, 0.3) is 5.91 Å². The van der Waals surface area contributed by atoms with Gasteiger partial charge in [-0.1, -0.05) is 12.1 Å². The van der Waals surface area contributed by atoms with Crippen molar-refractivity contribution < 1.29 is 19.1 Å². The van der Waals surface area contributed by atoms with E-state index in [2.05, 4.69) is 20.9 Å². The molecule has 3 rings (SSSR count). The van der Waals surface area contributed by atoms with E-state index >= 15 is 0 Å². The Morgan fingerprint density at radius 3 is 2.62 bits per heavy atom. The van der Waals surface area contributed by atoms with Crippen LogP contribution in [0.25, 0.3) is 0 Å². The molecule has 9 heteroatoms. The molecule has 2 aromatic rings. The summed E-state index contributed by atoms with van der Waals surface area (Å²) in [5, 5.41) is 19.7. The van der Waals surface area contributed by atoms with Gasteiger partial charge in [-0.3, -0.25) is 9.59 Å². The molecule has 0 aliphatic carbocycles. The first-order valence-corrected chi connectivity index (χ1v) is 10.7. The van der Waals surface area contributed by atoms with Crippen LogP contribution in [-0.4, -0.2) is 60.5 Å². The maximum absolute atomic E-state index is 12.6. The predicted octanol–water partition coefficient (Wildman–Crippen LogP) is 1.12. The molecule has 1 atom stereocenters. The van der Waals surface area contributed by atoms with Gasteiger partial charge < -0.3 is 30.4 Å². The van der Waals surface area contributed by atoms with E-state index in [1.165, 1.54) is 0 Å². The summed E-state index contributed by atoms with van der Waals surface area (Å²) in [6.07, 6.45) is 0. The number of guanidine groups is 1. The van der Waals surface area contributed by atoms with Gasteiger partial charge >= 0.3 is 0 Å². The zero-order valence-corrected chi connectivity index (χ0v) is 18.8. The van der Waals surface area contributed by atoms with Crippen LogP contribution in [-0.2, 0) is 16.9 Å². The highest BCUT2D eigenvalue weighted by Crippen LogP contribution is 2.21. The number of hydrogen-bond donors (Lipinski definition) is 4. The van der Waals surface area contributed by atoms with Gasteiger partial charge in [-0.2, -0.15) is 0 Å². The highest BCUT2D eigenvalue weighted by molar-refractivity contribution is 5.97. The molecule has 1 aromatic carbocycles. The molecule has 2 heterocycles. The molecule has 0 radical (unpaired) electrons. The topological polar surface area (TPSA) is 119 Å². The molecule has 1 fully saturated rings. The summed E-state index contributed by atoms with van der Waals surface area (Å²) < 4.78 is 5.55. The minimum absolute atomic E-state index is 0.0872. The molecule has 32 heavy (non-hydrogen) atoms. The van der Waals surface area contributed by atoms with Crippen LogP contribution >= 0.6 is 0 Å². The molecule has 0 spiro atoms. The molecule has 1 aromatic heterocycles. The number of rotatable bonds is 7. The zero-order valence-electron chi connectivity index (χ0n) is 18.8. The van der Waals surface area contributed by atoms with Crippen molar-refractivity contribution in [3.8, 4) is 0 Å². The van der Waals surface area contributed by atoms with E-state index in [0.29, 0.717) is 43.5 Å². The number of nitrogens with zero attached hydrogens (tertiary/aromatic N) is 2. The molecule has 9 nitrogen and oxygen atoms in total. The molecule has 4 N–H and O–H groups in total. The first-order chi connectivity index (χ1) is 15.3. The van der Waals surface area contributed by atoms with Gasteiger partial charge in [0, 0.05) is 25.2 Å². The normalized spacial score (nSPS) is 16.3. The van der Waals surface area contributed by atoms with E-state index in [0.717, 1.165) is 11.3 Å². The third-order valence-electron chi connectivity index (χ3n) is 5.16. The van der Waals surface area contributed by atoms with E-state index in [9.17, 15) is 14.7 Å². The minimum Gasteiger partial charge on any atom is -0.463 e. The average molecular weight is 442 g/mol. The number of aliphatic imine (C=N–C) groups is 1. The maximum atomic E-state index is 12.6. The van der Waals surface area contributed by atoms with Crippen molar-refractivity contribution in [3.63, 3.8) is 0 Å². The van der Waals surface area contributed by atoms with E-state index in [1.54, 1.807) is 30.0 Å². The molecular formula is C23H31N5O4. The van der Waals surface area contributed by atoms with Gasteiger partial charge in [-0.05, 0) is 50.6 Å². The Hall–Kier alpha value is -3.33. The molecule has 0 saturated carbocycles. The van der Waals surface area contributed by atoms with Crippen molar-refractivity contribution in [1.82, 2.24) is 20.9 Å². The van der Waals surface area contributed by atoms with Crippen LogP contribution in [0, 0.1) is 6.92 Å². The van der Waals surface area contributed by atoms with Crippen molar-refractivity contribution in [1.29, 1.82) is 0 Å². The fraction of sp³-hybridized carbons (Fsp3) is 0.435. The van der Waals surface area contributed by atoms with Crippen molar-refractivity contribution >= 4 is 17.8 Å². The number of hydrogen-bond acceptors (Lipinski definition) is 5. The Morgan fingerprint density at radius 2 is 2.00 bits per heavy atom. The Labute approximate surface area is 187 Å². The number of piperazine rings is 1. The quantitative estimate of drug-likeness (QED) is 0.378. The number of carbonyl (C=O) groups excluding carboxylic acids is 2. The lowest BCUT2D eigenvalue weighted by Crippen LogP contribution is -2.49. The van der Waals surface area contributed by atoms with Crippen molar-refractivity contribution in [2.24, 2.45) is 4.99 Å². The second kappa shape index (κ2) is 10.3. The molecule has 1 unspecified atom stereocenters. The standard InChI is InChI=1S/C23H31N5O4/c1-4-24-22(27-15-23(3,31)19-10-5-16(2)32-19)26-13-17-6-8-18(9-7-17)21(30)28-12-11-25-20(29)14-28/h5-10,31H,4,11-15H2,1-3H3,(H,25,29)(H2,24,26,27). The molecule has 0 bridgehead atoms. The van der Waals surface area contributed by atoms with Crippen LogP contribution < -0.4 is 16.0 Å². The summed E-state index contributed by atoms with van der Waals surface area (Å²) in [7, 11) is 0. The van der Waals surface area contributed by atoms with Crippen LogP contribution in [0.5, 0.6) is 0 Å². The summed E-state index contributed by atoms with van der Waals surface area (Å²) >= 11 is 0. The van der Waals surface area contributed by atoms with Crippen molar-refractivity contribution in [2.45, 2.75) is 32.9 Å². The van der Waals surface area contributed by atoms with E-state index in [4.69, 9.17) is 4.42 Å². The van der Waals surface area contributed by atoms with Crippen LogP contribution in [0.15, 0.2) is 45.8 Å². The SMILES string of the molecule is CCNC(=NCc1ccc(C(=O)N2CCNC(=O)C2)cc1)NCC(C)(O)c1ccc(C)o1. The smallest absolute Gasteiger partial charge is 0.254 e. The number of carbonyl (C=O) groups is 2. The van der Waals surface area contributed by atoms with Crippen LogP contribution in [0.4, 0.5) is 0 Å². The van der Waals surface area contributed by atoms with Crippen LogP contribution in [0.1, 0.15) is 41.3 Å². The first kappa shape index (κ1) is 23.3. The van der Waals surface area contributed by atoms with Crippen LogP contribution in [0.3, 0.4) is 0 Å². The number of aryl methyl sites for hydroxylation is 1. The summed E-state index contributed by atoms with van der Waals surface area (Å²) in [4.78, 5) is 30.2. The Bertz CT molecular complexity index is 965. The van der Waals surface area contributed by atoms with Gasteiger partial charge in [0.15, 0.2) is 5.96 Å². The van der Waals surface area contributed by atoms with Gasteiger partial charge in [0.2, 0.25) is 5.91 Å². The lowest BCUT2D eigenvalue weighted by atomic mass is 10.0. The van der Waals surface area contributed by atoms with Gasteiger partial charge in [-0.15, -0.1) is 0 Å². The third kappa shape index (κ3) is 6.10. The maximum Gasteiger partial charge on any atom is 0.254 e. The zero-order chi connectivity index (χ0) is 23.1.